The van der Waals surface area contributed by atoms with Gasteiger partial charge in [0.25, 0.3) is 8.41 Å². The Morgan fingerprint density at radius 2 is 1.81 bits per heavy atom. The largest absolute Gasteiger partial charge is 0.481 e. The van der Waals surface area contributed by atoms with E-state index in [1.54, 1.807) is 11.3 Å². The van der Waals surface area contributed by atoms with Crippen LogP contribution in [0.25, 0.3) is 10.1 Å². The van der Waals surface area contributed by atoms with Gasteiger partial charge in [-0.25, -0.2) is 0 Å². The molecule has 0 spiro atoms. The van der Waals surface area contributed by atoms with Crippen molar-refractivity contribution in [3.8, 4) is 0 Å². The Kier molecular flexibility index (Phi) is 6.54. The van der Waals surface area contributed by atoms with Crippen molar-refractivity contribution in [2.45, 2.75) is 71.0 Å². The van der Waals surface area contributed by atoms with E-state index in [1.807, 2.05) is 47.6 Å². The lowest BCUT2D eigenvalue weighted by Gasteiger charge is -2.43. The van der Waals surface area contributed by atoms with E-state index in [4.69, 9.17) is 5.11 Å². The normalized spacial score (nSPS) is 13.3. The quantitative estimate of drug-likeness (QED) is 0.357. The maximum atomic E-state index is 16.6. The van der Waals surface area contributed by atoms with Gasteiger partial charge in [-0.05, 0) is 40.1 Å². The molecule has 1 aromatic heterocycles. The highest BCUT2D eigenvalue weighted by atomic mass is 32.1. The van der Waals surface area contributed by atoms with Gasteiger partial charge in [0.15, 0.2) is 0 Å². The van der Waals surface area contributed by atoms with Crippen LogP contribution in [0.5, 0.6) is 0 Å². The fourth-order valence-electron chi connectivity index (χ4n) is 3.88. The predicted octanol–water partition coefficient (Wildman–Crippen LogP) is 5.58. The lowest BCUT2D eigenvalue weighted by Crippen LogP contribution is -2.56. The first-order valence-electron chi connectivity index (χ1n) is 9.51. The van der Waals surface area contributed by atoms with Crippen molar-refractivity contribution >= 4 is 40.3 Å². The number of nitrogens with one attached hydrogen (secondary N) is 1. The molecule has 0 unspecified atom stereocenters. The van der Waals surface area contributed by atoms with E-state index in [-0.39, 0.29) is 16.5 Å². The minimum absolute atomic E-state index is 0.174. The number of fused-ring (bicyclic) bond motifs is 1. The van der Waals surface area contributed by atoms with Crippen LogP contribution in [-0.4, -0.2) is 26.0 Å². The van der Waals surface area contributed by atoms with Crippen LogP contribution >= 0.6 is 11.3 Å². The molecule has 150 valence electrons. The summed E-state index contributed by atoms with van der Waals surface area (Å²) in [5, 5.41) is 12.4. The maximum absolute atomic E-state index is 16.6. The van der Waals surface area contributed by atoms with Gasteiger partial charge in [-0.1, -0.05) is 59.7 Å². The number of carbonyl (C=O) groups is 1. The molecule has 1 aromatic carbocycles. The fourth-order valence-corrected chi connectivity index (χ4v) is 11.6. The predicted molar refractivity (Wildman–Crippen MR) is 116 cm³/mol. The Labute approximate surface area is 167 Å². The fraction of sp³-hybridized carbons (Fsp3) is 0.571. The van der Waals surface area contributed by atoms with Crippen LogP contribution in [0.15, 0.2) is 24.3 Å². The molecule has 0 aliphatic rings. The van der Waals surface area contributed by atoms with Crippen LogP contribution < -0.4 is 9.82 Å². The highest BCUT2D eigenvalue weighted by molar-refractivity contribution is 7.31. The number of halogens is 1. The maximum Gasteiger partial charge on any atom is 0.303 e. The summed E-state index contributed by atoms with van der Waals surface area (Å²) >= 11 is 1.61. The van der Waals surface area contributed by atoms with Gasteiger partial charge >= 0.3 is 5.97 Å². The van der Waals surface area contributed by atoms with Crippen LogP contribution in [0.2, 0.25) is 10.1 Å². The van der Waals surface area contributed by atoms with Crippen LogP contribution in [0.1, 0.15) is 59.9 Å². The lowest BCUT2D eigenvalue weighted by molar-refractivity contribution is -0.137. The second-order valence-electron chi connectivity index (χ2n) is 9.28. The van der Waals surface area contributed by atoms with E-state index in [2.05, 4.69) is 23.5 Å². The van der Waals surface area contributed by atoms with Crippen molar-refractivity contribution in [3.05, 3.63) is 29.8 Å². The number of hydrogen-bond donors (Lipinski definition) is 2. The third-order valence-electron chi connectivity index (χ3n) is 5.09. The molecule has 0 bridgehead atoms. The van der Waals surface area contributed by atoms with Gasteiger partial charge in [-0.2, -0.15) is 0 Å². The molecule has 0 atom stereocenters. The van der Waals surface area contributed by atoms with E-state index in [0.29, 0.717) is 19.5 Å². The molecule has 0 fully saturated rings. The molecule has 0 saturated carbocycles. The van der Waals surface area contributed by atoms with E-state index in [1.165, 1.54) is 0 Å². The van der Waals surface area contributed by atoms with Crippen molar-refractivity contribution in [1.82, 2.24) is 5.32 Å². The average molecular weight is 410 g/mol. The molecule has 0 radical (unpaired) electrons. The Morgan fingerprint density at radius 3 is 2.37 bits per heavy atom. The molecule has 1 heterocycles. The SMILES string of the molecule is CC(C)(C)[Si](F)(c1cc2cccc(CNCCCC(=O)O)c2s1)C(C)(C)C. The third-order valence-corrected chi connectivity index (χ3v) is 12.2. The summed E-state index contributed by atoms with van der Waals surface area (Å²) in [6, 6.07) is 8.21. The topological polar surface area (TPSA) is 49.3 Å². The zero-order valence-corrected chi connectivity index (χ0v) is 19.1. The van der Waals surface area contributed by atoms with Gasteiger partial charge in [0.05, 0.1) is 0 Å². The zero-order chi connectivity index (χ0) is 20.5. The van der Waals surface area contributed by atoms with Gasteiger partial charge in [-0.15, -0.1) is 11.3 Å². The summed E-state index contributed by atoms with van der Waals surface area (Å²) < 4.78 is 18.7. The molecule has 2 N–H and O–H groups in total. The second-order valence-corrected chi connectivity index (χ2v) is 15.5. The molecule has 6 heteroatoms. The van der Waals surface area contributed by atoms with Gasteiger partial charge in [0.2, 0.25) is 0 Å². The highest BCUT2D eigenvalue weighted by Gasteiger charge is 2.57. The molecular formula is C21H32FNO2SSi. The number of aliphatic carboxylic acids is 1. The van der Waals surface area contributed by atoms with Gasteiger partial charge in [-0.3, -0.25) is 4.79 Å². The van der Waals surface area contributed by atoms with E-state index in [9.17, 15) is 4.79 Å². The first-order chi connectivity index (χ1) is 12.4. The van der Waals surface area contributed by atoms with Crippen LogP contribution in [0.3, 0.4) is 0 Å². The van der Waals surface area contributed by atoms with E-state index in [0.717, 1.165) is 20.2 Å². The summed E-state index contributed by atoms with van der Waals surface area (Å²) in [7, 11) is -3.26. The average Bonchev–Trinajstić information content (AvgIpc) is 2.96. The van der Waals surface area contributed by atoms with E-state index < -0.39 is 14.4 Å². The molecule has 0 saturated heterocycles. The first kappa shape index (κ1) is 22.1. The number of rotatable bonds is 7. The number of carboxylic acids is 1. The Balaban J connectivity index is 2.33. The monoisotopic (exact) mass is 409 g/mol. The summed E-state index contributed by atoms with van der Waals surface area (Å²) in [5.74, 6) is -0.768. The minimum Gasteiger partial charge on any atom is -0.481 e. The van der Waals surface area contributed by atoms with Gasteiger partial charge < -0.3 is 14.5 Å². The van der Waals surface area contributed by atoms with Crippen molar-refractivity contribution in [3.63, 3.8) is 0 Å². The number of hydrogen-bond acceptors (Lipinski definition) is 3. The van der Waals surface area contributed by atoms with Crippen molar-refractivity contribution in [2.75, 3.05) is 6.54 Å². The highest BCUT2D eigenvalue weighted by Crippen LogP contribution is 2.52. The zero-order valence-electron chi connectivity index (χ0n) is 17.3. The standard InChI is InChI=1S/C21H32FNO2SSi/c1-20(2,3)27(22,21(4,5)6)18-13-15-9-7-10-16(19(15)26-18)14-23-12-8-11-17(24)25/h7,9-10,13,23H,8,11-12,14H2,1-6H3,(H,24,25). The number of thiophene rings is 1. The molecule has 2 rings (SSSR count). The first-order valence-corrected chi connectivity index (χ1v) is 12.2. The molecule has 27 heavy (non-hydrogen) atoms. The van der Waals surface area contributed by atoms with Crippen molar-refractivity contribution in [1.29, 1.82) is 0 Å². The van der Waals surface area contributed by atoms with E-state index >= 15 is 4.11 Å². The lowest BCUT2D eigenvalue weighted by atomic mass is 10.1. The smallest absolute Gasteiger partial charge is 0.303 e. The summed E-state index contributed by atoms with van der Waals surface area (Å²) in [6.45, 7) is 13.5. The number of benzene rings is 1. The number of carboxylic acid groups (broad SMARTS) is 1. The Hall–Kier alpha value is -1.24. The summed E-state index contributed by atoms with van der Waals surface area (Å²) in [5.41, 5.74) is 1.15. The third kappa shape index (κ3) is 4.61. The van der Waals surface area contributed by atoms with Crippen molar-refractivity contribution < 1.29 is 14.0 Å². The van der Waals surface area contributed by atoms with Crippen LogP contribution in [-0.2, 0) is 11.3 Å². The Bertz CT molecular complexity index is 791. The summed E-state index contributed by atoms with van der Waals surface area (Å²) in [6.07, 6.45) is 0.781. The molecular weight excluding hydrogens is 377 g/mol. The van der Waals surface area contributed by atoms with Gasteiger partial charge in [0.1, 0.15) is 0 Å². The molecule has 0 amide bonds. The molecule has 0 aliphatic carbocycles. The minimum atomic E-state index is -3.26. The van der Waals surface area contributed by atoms with Gasteiger partial charge in [0, 0.05) is 22.2 Å². The Morgan fingerprint density at radius 1 is 1.19 bits per heavy atom. The second kappa shape index (κ2) is 8.01. The van der Waals surface area contributed by atoms with Crippen molar-refractivity contribution in [2.24, 2.45) is 0 Å². The molecule has 2 aromatic rings. The molecule has 3 nitrogen and oxygen atoms in total. The van der Waals surface area contributed by atoms with Crippen LogP contribution in [0, 0.1) is 0 Å². The molecule has 0 aliphatic heterocycles. The summed E-state index contributed by atoms with van der Waals surface area (Å²) in [4.78, 5) is 10.6. The van der Waals surface area contributed by atoms with Crippen LogP contribution in [0.4, 0.5) is 4.11 Å².